The van der Waals surface area contributed by atoms with Crippen LogP contribution in [0.2, 0.25) is 0 Å². The van der Waals surface area contributed by atoms with Gasteiger partial charge in [-0.25, -0.2) is 4.79 Å². The number of methoxy groups -OCH3 is 1. The maximum absolute atomic E-state index is 11.1. The number of carboxylic acids is 1. The summed E-state index contributed by atoms with van der Waals surface area (Å²) in [5, 5.41) is 9.07. The Morgan fingerprint density at radius 2 is 2.00 bits per heavy atom. The lowest BCUT2D eigenvalue weighted by Crippen LogP contribution is -2.64. The van der Waals surface area contributed by atoms with Crippen molar-refractivity contribution >= 4 is 11.9 Å². The Kier molecular flexibility index (Phi) is 2.80. The normalized spacial score (nSPS) is 30.6. The van der Waals surface area contributed by atoms with E-state index in [1.807, 2.05) is 0 Å². The monoisotopic (exact) mass is 201 g/mol. The van der Waals surface area contributed by atoms with Gasteiger partial charge in [0.2, 0.25) is 5.91 Å². The van der Waals surface area contributed by atoms with E-state index in [0.29, 0.717) is 12.8 Å². The molecule has 1 N–H and O–H groups in total. The van der Waals surface area contributed by atoms with Crippen LogP contribution in [-0.4, -0.2) is 47.7 Å². The summed E-state index contributed by atoms with van der Waals surface area (Å²) in [6.07, 6.45) is 0.692. The molecule has 1 rings (SSSR count). The van der Waals surface area contributed by atoms with Crippen molar-refractivity contribution in [3.8, 4) is 0 Å². The highest BCUT2D eigenvalue weighted by Gasteiger charge is 2.54. The molecule has 0 bridgehead atoms. The van der Waals surface area contributed by atoms with Crippen LogP contribution >= 0.6 is 0 Å². The summed E-state index contributed by atoms with van der Waals surface area (Å²) >= 11 is 0. The third-order valence-corrected chi connectivity index (χ3v) is 2.98. The quantitative estimate of drug-likeness (QED) is 0.703. The Hall–Kier alpha value is -1.10. The zero-order valence-electron chi connectivity index (χ0n) is 8.61. The van der Waals surface area contributed by atoms with Crippen LogP contribution in [0, 0.1) is 0 Å². The molecule has 14 heavy (non-hydrogen) atoms. The summed E-state index contributed by atoms with van der Waals surface area (Å²) in [4.78, 5) is 23.4. The number of carbonyl (C=O) groups excluding carboxylic acids is 1. The minimum atomic E-state index is -1.05. The third-order valence-electron chi connectivity index (χ3n) is 2.98. The molecule has 1 fully saturated rings. The minimum absolute atomic E-state index is 0.0482. The summed E-state index contributed by atoms with van der Waals surface area (Å²) in [6.45, 7) is 1.37. The second-order valence-electron chi connectivity index (χ2n) is 3.68. The van der Waals surface area contributed by atoms with Gasteiger partial charge in [-0.05, 0) is 0 Å². The number of amides is 1. The first kappa shape index (κ1) is 11.0. The molecule has 0 atom stereocenters. The number of carboxylic acid groups (broad SMARTS) is 1. The maximum atomic E-state index is 11.1. The molecule has 0 aliphatic heterocycles. The highest BCUT2D eigenvalue weighted by Crippen LogP contribution is 2.39. The molecule has 0 aromatic carbocycles. The van der Waals surface area contributed by atoms with Gasteiger partial charge in [0.05, 0.1) is 6.10 Å². The SMILES string of the molecule is COC1CC(C(=O)O)(N(C)C(C)=O)C1. The lowest BCUT2D eigenvalue weighted by Gasteiger charge is -2.48. The fourth-order valence-corrected chi connectivity index (χ4v) is 1.75. The molecule has 5 heteroatoms. The molecule has 1 aliphatic carbocycles. The van der Waals surface area contributed by atoms with Gasteiger partial charge in [0.1, 0.15) is 5.54 Å². The highest BCUT2D eigenvalue weighted by atomic mass is 16.5. The summed E-state index contributed by atoms with van der Waals surface area (Å²) < 4.78 is 5.02. The summed E-state index contributed by atoms with van der Waals surface area (Å²) in [7, 11) is 3.06. The molecule has 5 nitrogen and oxygen atoms in total. The smallest absolute Gasteiger partial charge is 0.329 e. The van der Waals surface area contributed by atoms with Crippen molar-refractivity contribution < 1.29 is 19.4 Å². The van der Waals surface area contributed by atoms with Crippen molar-refractivity contribution in [2.24, 2.45) is 0 Å². The van der Waals surface area contributed by atoms with E-state index in [-0.39, 0.29) is 12.0 Å². The van der Waals surface area contributed by atoms with Gasteiger partial charge in [-0.2, -0.15) is 0 Å². The zero-order valence-corrected chi connectivity index (χ0v) is 8.61. The van der Waals surface area contributed by atoms with Crippen molar-refractivity contribution in [1.82, 2.24) is 4.90 Å². The van der Waals surface area contributed by atoms with Crippen LogP contribution in [0.5, 0.6) is 0 Å². The van der Waals surface area contributed by atoms with Gasteiger partial charge in [0.15, 0.2) is 0 Å². The van der Waals surface area contributed by atoms with E-state index in [4.69, 9.17) is 9.84 Å². The summed E-state index contributed by atoms with van der Waals surface area (Å²) in [5.74, 6) is -1.19. The van der Waals surface area contributed by atoms with Crippen molar-refractivity contribution in [2.75, 3.05) is 14.2 Å². The largest absolute Gasteiger partial charge is 0.479 e. The highest BCUT2D eigenvalue weighted by molar-refractivity contribution is 5.87. The fourth-order valence-electron chi connectivity index (χ4n) is 1.75. The van der Waals surface area contributed by atoms with Gasteiger partial charge in [-0.1, -0.05) is 0 Å². The molecule has 0 spiro atoms. The van der Waals surface area contributed by atoms with Crippen molar-refractivity contribution in [3.63, 3.8) is 0 Å². The number of hydrogen-bond donors (Lipinski definition) is 1. The van der Waals surface area contributed by atoms with Crippen LogP contribution in [0.25, 0.3) is 0 Å². The summed E-state index contributed by atoms with van der Waals surface area (Å²) in [5.41, 5.74) is -1.05. The molecule has 1 saturated carbocycles. The molecule has 1 aliphatic rings. The molecule has 0 radical (unpaired) electrons. The topological polar surface area (TPSA) is 66.8 Å². The number of likely N-dealkylation sites (N-methyl/N-ethyl adjacent to an activating group) is 1. The first-order valence-corrected chi connectivity index (χ1v) is 4.44. The van der Waals surface area contributed by atoms with Crippen molar-refractivity contribution in [3.05, 3.63) is 0 Å². The van der Waals surface area contributed by atoms with E-state index in [1.54, 1.807) is 7.11 Å². The number of aliphatic carboxylic acids is 1. The molecule has 0 aromatic rings. The van der Waals surface area contributed by atoms with Gasteiger partial charge in [0.25, 0.3) is 0 Å². The van der Waals surface area contributed by atoms with Crippen LogP contribution in [0.4, 0.5) is 0 Å². The van der Waals surface area contributed by atoms with Gasteiger partial charge in [-0.15, -0.1) is 0 Å². The van der Waals surface area contributed by atoms with E-state index < -0.39 is 11.5 Å². The Morgan fingerprint density at radius 1 is 1.50 bits per heavy atom. The molecular weight excluding hydrogens is 186 g/mol. The Balaban J connectivity index is 2.77. The molecule has 0 saturated heterocycles. The lowest BCUT2D eigenvalue weighted by molar-refractivity contribution is -0.174. The number of ether oxygens (including phenoxy) is 1. The van der Waals surface area contributed by atoms with E-state index in [0.717, 1.165) is 0 Å². The van der Waals surface area contributed by atoms with Crippen molar-refractivity contribution in [2.45, 2.75) is 31.4 Å². The second kappa shape index (κ2) is 3.57. The van der Waals surface area contributed by atoms with E-state index in [1.165, 1.54) is 18.9 Å². The fraction of sp³-hybridized carbons (Fsp3) is 0.778. The van der Waals surface area contributed by atoms with Crippen LogP contribution in [0.3, 0.4) is 0 Å². The Morgan fingerprint density at radius 3 is 2.29 bits per heavy atom. The maximum Gasteiger partial charge on any atom is 0.329 e. The number of nitrogens with zero attached hydrogens (tertiary/aromatic N) is 1. The molecule has 0 unspecified atom stereocenters. The number of hydrogen-bond acceptors (Lipinski definition) is 3. The van der Waals surface area contributed by atoms with Gasteiger partial charge in [-0.3, -0.25) is 4.79 Å². The molecule has 0 heterocycles. The van der Waals surface area contributed by atoms with Gasteiger partial charge >= 0.3 is 5.97 Å². The van der Waals surface area contributed by atoms with Crippen molar-refractivity contribution in [1.29, 1.82) is 0 Å². The average molecular weight is 201 g/mol. The lowest BCUT2D eigenvalue weighted by atomic mass is 9.73. The predicted octanol–water partition coefficient (Wildman–Crippen LogP) is 0.0969. The van der Waals surface area contributed by atoms with Crippen LogP contribution in [0.1, 0.15) is 19.8 Å². The molecular formula is C9H15NO4. The molecule has 0 aromatic heterocycles. The first-order valence-electron chi connectivity index (χ1n) is 4.44. The standard InChI is InChI=1S/C9H15NO4/c1-6(11)10(2)9(8(12)13)4-7(5-9)14-3/h7H,4-5H2,1-3H3,(H,12,13). The zero-order chi connectivity index (χ0) is 10.9. The van der Waals surface area contributed by atoms with Crippen LogP contribution in [-0.2, 0) is 14.3 Å². The second-order valence-corrected chi connectivity index (χ2v) is 3.68. The Bertz CT molecular complexity index is 258. The number of carbonyl (C=O) groups is 2. The van der Waals surface area contributed by atoms with Crippen LogP contribution in [0.15, 0.2) is 0 Å². The van der Waals surface area contributed by atoms with Gasteiger partial charge in [0, 0.05) is 33.9 Å². The van der Waals surface area contributed by atoms with Gasteiger partial charge < -0.3 is 14.7 Å². The third kappa shape index (κ3) is 1.48. The first-order chi connectivity index (χ1) is 6.44. The molecule has 80 valence electrons. The Labute approximate surface area is 82.6 Å². The van der Waals surface area contributed by atoms with E-state index in [9.17, 15) is 9.59 Å². The summed E-state index contributed by atoms with van der Waals surface area (Å²) in [6, 6.07) is 0. The van der Waals surface area contributed by atoms with E-state index in [2.05, 4.69) is 0 Å². The van der Waals surface area contributed by atoms with Crippen LogP contribution < -0.4 is 0 Å². The minimum Gasteiger partial charge on any atom is -0.479 e. The molecule has 1 amide bonds. The average Bonchev–Trinajstić information content (AvgIpc) is 2.01. The predicted molar refractivity (Wildman–Crippen MR) is 48.8 cm³/mol. The number of rotatable bonds is 3. The van der Waals surface area contributed by atoms with E-state index >= 15 is 0 Å².